The number of aliphatic hydroxyl groups is 1. The van der Waals surface area contributed by atoms with E-state index in [1.807, 2.05) is 0 Å². The monoisotopic (exact) mass is 236 g/mol. The summed E-state index contributed by atoms with van der Waals surface area (Å²) in [6.07, 6.45) is -6.70. The van der Waals surface area contributed by atoms with Crippen molar-refractivity contribution in [2.45, 2.75) is 31.5 Å². The second-order valence-electron chi connectivity index (χ2n) is 3.64. The molecule has 1 rings (SSSR count). The van der Waals surface area contributed by atoms with Gasteiger partial charge in [-0.2, -0.15) is 13.2 Å². The zero-order chi connectivity index (χ0) is 12.2. The molecule has 16 heavy (non-hydrogen) atoms. The van der Waals surface area contributed by atoms with Gasteiger partial charge in [0.25, 0.3) is 0 Å². The van der Waals surface area contributed by atoms with Crippen LogP contribution in [0, 0.1) is 5.82 Å². The third-order valence-corrected chi connectivity index (χ3v) is 2.12. The van der Waals surface area contributed by atoms with Crippen molar-refractivity contribution < 1.29 is 22.7 Å². The van der Waals surface area contributed by atoms with Crippen molar-refractivity contribution in [1.29, 1.82) is 0 Å². The van der Waals surface area contributed by atoms with Gasteiger partial charge in [-0.05, 0) is 30.5 Å². The first kappa shape index (κ1) is 13.0. The molecule has 0 aliphatic heterocycles. The summed E-state index contributed by atoms with van der Waals surface area (Å²) in [6, 6.07) is 5.48. The summed E-state index contributed by atoms with van der Waals surface area (Å²) in [4.78, 5) is 0. The Kier molecular flexibility index (Phi) is 4.29. The lowest BCUT2D eigenvalue weighted by Gasteiger charge is -2.12. The summed E-state index contributed by atoms with van der Waals surface area (Å²) >= 11 is 0. The zero-order valence-electron chi connectivity index (χ0n) is 8.47. The zero-order valence-corrected chi connectivity index (χ0v) is 8.47. The van der Waals surface area contributed by atoms with Gasteiger partial charge in [0.15, 0.2) is 0 Å². The summed E-state index contributed by atoms with van der Waals surface area (Å²) < 4.78 is 48.3. The SMILES string of the molecule is OC(CCC(F)(F)F)Cc1cccc(F)c1. The van der Waals surface area contributed by atoms with Crippen LogP contribution < -0.4 is 0 Å². The largest absolute Gasteiger partial charge is 0.393 e. The summed E-state index contributed by atoms with van der Waals surface area (Å²) in [5.74, 6) is -0.458. The molecule has 1 unspecified atom stereocenters. The lowest BCUT2D eigenvalue weighted by molar-refractivity contribution is -0.139. The third-order valence-electron chi connectivity index (χ3n) is 2.12. The first-order chi connectivity index (χ1) is 7.37. The van der Waals surface area contributed by atoms with E-state index in [9.17, 15) is 22.7 Å². The van der Waals surface area contributed by atoms with Gasteiger partial charge in [-0.25, -0.2) is 4.39 Å². The van der Waals surface area contributed by atoms with Gasteiger partial charge < -0.3 is 5.11 Å². The minimum Gasteiger partial charge on any atom is -0.393 e. The summed E-state index contributed by atoms with van der Waals surface area (Å²) in [5.41, 5.74) is 0.495. The van der Waals surface area contributed by atoms with Crippen LogP contribution >= 0.6 is 0 Å². The van der Waals surface area contributed by atoms with Gasteiger partial charge in [0.2, 0.25) is 0 Å². The van der Waals surface area contributed by atoms with Crippen LogP contribution in [-0.2, 0) is 6.42 Å². The van der Waals surface area contributed by atoms with Crippen molar-refractivity contribution in [2.75, 3.05) is 0 Å². The van der Waals surface area contributed by atoms with Gasteiger partial charge in [-0.15, -0.1) is 0 Å². The van der Waals surface area contributed by atoms with Crippen LogP contribution in [0.2, 0.25) is 0 Å². The first-order valence-electron chi connectivity index (χ1n) is 4.86. The molecule has 0 heterocycles. The van der Waals surface area contributed by atoms with Gasteiger partial charge in [0.1, 0.15) is 5.82 Å². The maximum atomic E-state index is 12.7. The molecule has 1 atom stereocenters. The Morgan fingerprint density at radius 1 is 1.25 bits per heavy atom. The summed E-state index contributed by atoms with van der Waals surface area (Å²) in [7, 11) is 0. The second kappa shape index (κ2) is 5.30. The number of rotatable bonds is 4. The standard InChI is InChI=1S/C11H12F4O/c12-9-3-1-2-8(6-9)7-10(16)4-5-11(13,14)15/h1-3,6,10,16H,4-5,7H2. The molecule has 0 aromatic heterocycles. The van der Waals surface area contributed by atoms with Crippen molar-refractivity contribution >= 4 is 0 Å². The first-order valence-corrected chi connectivity index (χ1v) is 4.86. The van der Waals surface area contributed by atoms with Crippen LogP contribution in [0.4, 0.5) is 17.6 Å². The number of hydrogen-bond acceptors (Lipinski definition) is 1. The van der Waals surface area contributed by atoms with Crippen LogP contribution in [0.1, 0.15) is 18.4 Å². The number of halogens is 4. The molecular formula is C11H12F4O. The minimum atomic E-state index is -4.26. The molecular weight excluding hydrogens is 224 g/mol. The number of aliphatic hydroxyl groups excluding tert-OH is 1. The van der Waals surface area contributed by atoms with E-state index < -0.39 is 24.5 Å². The topological polar surface area (TPSA) is 20.2 Å². The number of hydrogen-bond donors (Lipinski definition) is 1. The molecule has 1 aromatic carbocycles. The summed E-state index contributed by atoms with van der Waals surface area (Å²) in [6.45, 7) is 0. The third kappa shape index (κ3) is 5.11. The smallest absolute Gasteiger partial charge is 0.389 e. The van der Waals surface area contributed by atoms with Crippen LogP contribution in [0.3, 0.4) is 0 Å². The van der Waals surface area contributed by atoms with E-state index in [1.165, 1.54) is 18.2 Å². The predicted molar refractivity (Wildman–Crippen MR) is 51.4 cm³/mol. The Morgan fingerprint density at radius 3 is 2.50 bits per heavy atom. The molecule has 0 saturated carbocycles. The average Bonchev–Trinajstić information content (AvgIpc) is 2.14. The van der Waals surface area contributed by atoms with E-state index in [-0.39, 0.29) is 12.8 Å². The highest BCUT2D eigenvalue weighted by Gasteiger charge is 2.27. The van der Waals surface area contributed by atoms with Crippen LogP contribution in [0.5, 0.6) is 0 Å². The number of alkyl halides is 3. The van der Waals surface area contributed by atoms with Gasteiger partial charge in [0.05, 0.1) is 6.10 Å². The molecule has 0 saturated heterocycles. The van der Waals surface area contributed by atoms with E-state index >= 15 is 0 Å². The molecule has 1 N–H and O–H groups in total. The Hall–Kier alpha value is -1.10. The Labute approximate surface area is 90.7 Å². The molecule has 1 nitrogen and oxygen atoms in total. The molecule has 0 radical (unpaired) electrons. The van der Waals surface area contributed by atoms with Gasteiger partial charge in [-0.3, -0.25) is 0 Å². The molecule has 0 aliphatic rings. The van der Waals surface area contributed by atoms with Crippen molar-refractivity contribution in [2.24, 2.45) is 0 Å². The second-order valence-corrected chi connectivity index (χ2v) is 3.64. The molecule has 0 bridgehead atoms. The Balaban J connectivity index is 2.43. The normalized spacial score (nSPS) is 13.8. The maximum absolute atomic E-state index is 12.7. The maximum Gasteiger partial charge on any atom is 0.389 e. The molecule has 0 amide bonds. The quantitative estimate of drug-likeness (QED) is 0.796. The van der Waals surface area contributed by atoms with Gasteiger partial charge in [0, 0.05) is 6.42 Å². The summed E-state index contributed by atoms with van der Waals surface area (Å²) in [5, 5.41) is 9.33. The highest BCUT2D eigenvalue weighted by atomic mass is 19.4. The van der Waals surface area contributed by atoms with Gasteiger partial charge in [-0.1, -0.05) is 12.1 Å². The van der Waals surface area contributed by atoms with Crippen molar-refractivity contribution in [3.63, 3.8) is 0 Å². The van der Waals surface area contributed by atoms with E-state index in [2.05, 4.69) is 0 Å². The highest BCUT2D eigenvalue weighted by Crippen LogP contribution is 2.23. The Bertz CT molecular complexity index is 335. The molecule has 1 aromatic rings. The average molecular weight is 236 g/mol. The minimum absolute atomic E-state index is 0.0356. The van der Waals surface area contributed by atoms with Crippen molar-refractivity contribution in [1.82, 2.24) is 0 Å². The van der Waals surface area contributed by atoms with Crippen molar-refractivity contribution in [3.8, 4) is 0 Å². The van der Waals surface area contributed by atoms with Crippen LogP contribution in [0.25, 0.3) is 0 Å². The molecule has 90 valence electrons. The number of benzene rings is 1. The fourth-order valence-corrected chi connectivity index (χ4v) is 1.37. The lowest BCUT2D eigenvalue weighted by Crippen LogP contribution is -2.16. The van der Waals surface area contributed by atoms with E-state index in [1.54, 1.807) is 6.07 Å². The molecule has 0 aliphatic carbocycles. The van der Waals surface area contributed by atoms with Crippen LogP contribution in [0.15, 0.2) is 24.3 Å². The lowest BCUT2D eigenvalue weighted by atomic mass is 10.0. The van der Waals surface area contributed by atoms with E-state index in [4.69, 9.17) is 0 Å². The highest BCUT2D eigenvalue weighted by molar-refractivity contribution is 5.16. The molecule has 5 heteroatoms. The molecule has 0 spiro atoms. The van der Waals surface area contributed by atoms with E-state index in [0.29, 0.717) is 5.56 Å². The van der Waals surface area contributed by atoms with Crippen molar-refractivity contribution in [3.05, 3.63) is 35.6 Å². The fourth-order valence-electron chi connectivity index (χ4n) is 1.37. The molecule has 0 fully saturated rings. The fraction of sp³-hybridized carbons (Fsp3) is 0.455. The predicted octanol–water partition coefficient (Wildman–Crippen LogP) is 3.07. The van der Waals surface area contributed by atoms with Gasteiger partial charge >= 0.3 is 6.18 Å². The Morgan fingerprint density at radius 2 is 1.94 bits per heavy atom. The van der Waals surface area contributed by atoms with Crippen LogP contribution in [-0.4, -0.2) is 17.4 Å². The van der Waals surface area contributed by atoms with E-state index in [0.717, 1.165) is 0 Å².